The molecule has 3 nitrogen and oxygen atoms in total. The Morgan fingerprint density at radius 3 is 2.03 bits per heavy atom. The quantitative estimate of drug-likeness (QED) is 0.537. The van der Waals surface area contributed by atoms with Crippen molar-refractivity contribution >= 4 is 33.1 Å². The smallest absolute Gasteiger partial charge is 0.227 e. The van der Waals surface area contributed by atoms with Crippen molar-refractivity contribution in [1.29, 1.82) is 0 Å². The molecule has 4 rings (SSSR count). The third-order valence-corrected chi connectivity index (χ3v) is 8.10. The summed E-state index contributed by atoms with van der Waals surface area (Å²) in [7, 11) is 0. The predicted octanol–water partition coefficient (Wildman–Crippen LogP) is 8.20. The van der Waals surface area contributed by atoms with Crippen molar-refractivity contribution in [2.75, 3.05) is 5.32 Å². The summed E-state index contributed by atoms with van der Waals surface area (Å²) in [6.07, 6.45) is 22.2. The van der Waals surface area contributed by atoms with Crippen LogP contribution in [-0.2, 0) is 4.79 Å². The standard InChI is InChI=1S/C26H38N2OS/c29-25(21-15-11-7-4-8-12-16-21)28-23-19-27-26-22(17-18-30-26)24(23)20-13-9-5-2-1-3-6-10-14-20/h17-21H,1-16H2,(H,28,29). The predicted molar refractivity (Wildman–Crippen MR) is 128 cm³/mol. The summed E-state index contributed by atoms with van der Waals surface area (Å²) in [6.45, 7) is 0. The van der Waals surface area contributed by atoms with Gasteiger partial charge in [-0.15, -0.1) is 11.3 Å². The number of fused-ring (bicyclic) bond motifs is 1. The molecular weight excluding hydrogens is 388 g/mol. The first kappa shape index (κ1) is 21.8. The first-order valence-corrected chi connectivity index (χ1v) is 13.4. The van der Waals surface area contributed by atoms with E-state index in [1.165, 1.54) is 101 Å². The number of carbonyl (C=O) groups is 1. The molecule has 2 aromatic heterocycles. The monoisotopic (exact) mass is 426 g/mol. The van der Waals surface area contributed by atoms with E-state index in [0.29, 0.717) is 5.92 Å². The van der Waals surface area contributed by atoms with Gasteiger partial charge in [0.05, 0.1) is 11.9 Å². The number of aromatic nitrogens is 1. The Morgan fingerprint density at radius 1 is 0.833 bits per heavy atom. The second-order valence-corrected chi connectivity index (χ2v) is 10.4. The molecule has 0 atom stereocenters. The van der Waals surface area contributed by atoms with E-state index in [0.717, 1.165) is 23.4 Å². The summed E-state index contributed by atoms with van der Waals surface area (Å²) in [6, 6.07) is 2.23. The Morgan fingerprint density at radius 2 is 1.40 bits per heavy atom. The topological polar surface area (TPSA) is 42.0 Å². The van der Waals surface area contributed by atoms with E-state index in [9.17, 15) is 4.79 Å². The van der Waals surface area contributed by atoms with E-state index in [2.05, 4.69) is 16.8 Å². The Labute approximate surface area is 186 Å². The zero-order chi connectivity index (χ0) is 20.6. The number of hydrogen-bond donors (Lipinski definition) is 1. The molecule has 1 N–H and O–H groups in total. The fraction of sp³-hybridized carbons (Fsp3) is 0.692. The van der Waals surface area contributed by atoms with E-state index < -0.39 is 0 Å². The van der Waals surface area contributed by atoms with Gasteiger partial charge in [0.25, 0.3) is 0 Å². The SMILES string of the molecule is O=C(Nc1cnc2sccc2c1C1CCCCCCCCC1)C1CCCCCCC1. The maximum atomic E-state index is 13.2. The van der Waals surface area contributed by atoms with E-state index >= 15 is 0 Å². The minimum atomic E-state index is 0.167. The molecule has 0 spiro atoms. The Kier molecular flexibility index (Phi) is 8.19. The highest BCUT2D eigenvalue weighted by Crippen LogP contribution is 2.40. The Bertz CT molecular complexity index is 796. The summed E-state index contributed by atoms with van der Waals surface area (Å²) in [4.78, 5) is 19.1. The van der Waals surface area contributed by atoms with Crippen LogP contribution in [0.3, 0.4) is 0 Å². The van der Waals surface area contributed by atoms with Crippen LogP contribution < -0.4 is 5.32 Å². The molecule has 2 fully saturated rings. The molecule has 0 unspecified atom stereocenters. The number of carbonyl (C=O) groups excluding carboxylic acids is 1. The lowest BCUT2D eigenvalue weighted by molar-refractivity contribution is -0.120. The van der Waals surface area contributed by atoms with Crippen LogP contribution in [0.2, 0.25) is 0 Å². The summed E-state index contributed by atoms with van der Waals surface area (Å²) >= 11 is 1.72. The van der Waals surface area contributed by atoms with Crippen molar-refractivity contribution in [3.8, 4) is 0 Å². The van der Waals surface area contributed by atoms with Gasteiger partial charge in [-0.3, -0.25) is 4.79 Å². The van der Waals surface area contributed by atoms with Gasteiger partial charge in [0.2, 0.25) is 5.91 Å². The third kappa shape index (κ3) is 5.63. The first-order chi connectivity index (χ1) is 14.8. The van der Waals surface area contributed by atoms with Crippen LogP contribution >= 0.6 is 11.3 Å². The second kappa shape index (κ2) is 11.3. The van der Waals surface area contributed by atoms with Gasteiger partial charge in [0.15, 0.2) is 0 Å². The maximum absolute atomic E-state index is 13.2. The van der Waals surface area contributed by atoms with Gasteiger partial charge in [0.1, 0.15) is 4.83 Å². The molecule has 0 aliphatic heterocycles. The number of thiophene rings is 1. The minimum Gasteiger partial charge on any atom is -0.324 e. The molecule has 1 amide bonds. The number of rotatable bonds is 3. The van der Waals surface area contributed by atoms with Crippen LogP contribution in [0.5, 0.6) is 0 Å². The van der Waals surface area contributed by atoms with Gasteiger partial charge in [0, 0.05) is 11.3 Å². The van der Waals surface area contributed by atoms with E-state index in [-0.39, 0.29) is 11.8 Å². The van der Waals surface area contributed by atoms with Crippen molar-refractivity contribution in [1.82, 2.24) is 4.98 Å². The van der Waals surface area contributed by atoms with Crippen LogP contribution in [0.1, 0.15) is 114 Å². The van der Waals surface area contributed by atoms with Crippen LogP contribution in [0, 0.1) is 5.92 Å². The average molecular weight is 427 g/mol. The number of amides is 1. The molecule has 0 aromatic carbocycles. The minimum absolute atomic E-state index is 0.167. The number of hydrogen-bond acceptors (Lipinski definition) is 3. The highest BCUT2D eigenvalue weighted by molar-refractivity contribution is 7.16. The van der Waals surface area contributed by atoms with Gasteiger partial charge in [-0.05, 0) is 48.6 Å². The van der Waals surface area contributed by atoms with Gasteiger partial charge in [-0.1, -0.05) is 77.0 Å². The fourth-order valence-corrected chi connectivity index (χ4v) is 6.29. The average Bonchev–Trinajstić information content (AvgIpc) is 3.20. The summed E-state index contributed by atoms with van der Waals surface area (Å²) in [5.74, 6) is 0.936. The zero-order valence-corrected chi connectivity index (χ0v) is 19.3. The zero-order valence-electron chi connectivity index (χ0n) is 18.5. The molecule has 164 valence electrons. The van der Waals surface area contributed by atoms with Crippen LogP contribution in [0.15, 0.2) is 17.6 Å². The molecule has 0 saturated heterocycles. The summed E-state index contributed by atoms with van der Waals surface area (Å²) < 4.78 is 0. The summed E-state index contributed by atoms with van der Waals surface area (Å²) in [5, 5.41) is 6.80. The maximum Gasteiger partial charge on any atom is 0.227 e. The molecule has 0 radical (unpaired) electrons. The molecule has 2 heterocycles. The Balaban J connectivity index is 1.58. The number of pyridine rings is 1. The highest BCUT2D eigenvalue weighted by Gasteiger charge is 2.24. The normalized spacial score (nSPS) is 21.1. The van der Waals surface area contributed by atoms with Gasteiger partial charge >= 0.3 is 0 Å². The van der Waals surface area contributed by atoms with Crippen LogP contribution in [-0.4, -0.2) is 10.9 Å². The lowest BCUT2D eigenvalue weighted by Gasteiger charge is -2.24. The third-order valence-electron chi connectivity index (χ3n) is 7.28. The van der Waals surface area contributed by atoms with Crippen LogP contribution in [0.25, 0.3) is 10.2 Å². The molecule has 2 aliphatic rings. The van der Waals surface area contributed by atoms with Crippen molar-refractivity contribution in [2.45, 2.75) is 109 Å². The lowest BCUT2D eigenvalue weighted by atomic mass is 9.85. The van der Waals surface area contributed by atoms with Crippen LogP contribution in [0.4, 0.5) is 5.69 Å². The number of nitrogens with zero attached hydrogens (tertiary/aromatic N) is 1. The van der Waals surface area contributed by atoms with E-state index in [4.69, 9.17) is 4.98 Å². The summed E-state index contributed by atoms with van der Waals surface area (Å²) in [5.41, 5.74) is 2.37. The molecule has 2 saturated carbocycles. The molecule has 4 heteroatoms. The first-order valence-electron chi connectivity index (χ1n) is 12.5. The van der Waals surface area contributed by atoms with Crippen molar-refractivity contribution in [3.05, 3.63) is 23.2 Å². The second-order valence-electron chi connectivity index (χ2n) is 9.51. The van der Waals surface area contributed by atoms with Crippen molar-refractivity contribution in [3.63, 3.8) is 0 Å². The van der Waals surface area contributed by atoms with Gasteiger partial charge in [-0.25, -0.2) is 4.98 Å². The van der Waals surface area contributed by atoms with E-state index in [1.54, 1.807) is 11.3 Å². The molecule has 30 heavy (non-hydrogen) atoms. The number of nitrogens with one attached hydrogen (secondary N) is 1. The van der Waals surface area contributed by atoms with Gasteiger partial charge in [-0.2, -0.15) is 0 Å². The van der Waals surface area contributed by atoms with Crippen molar-refractivity contribution in [2.24, 2.45) is 5.92 Å². The molecular formula is C26H38N2OS. The molecule has 0 bridgehead atoms. The molecule has 2 aromatic rings. The van der Waals surface area contributed by atoms with Gasteiger partial charge < -0.3 is 5.32 Å². The highest BCUT2D eigenvalue weighted by atomic mass is 32.1. The lowest BCUT2D eigenvalue weighted by Crippen LogP contribution is -2.24. The van der Waals surface area contributed by atoms with E-state index in [1.807, 2.05) is 6.20 Å². The van der Waals surface area contributed by atoms with Crippen molar-refractivity contribution < 1.29 is 4.79 Å². The fourth-order valence-electron chi connectivity index (χ4n) is 5.53. The Hall–Kier alpha value is -1.42. The molecule has 2 aliphatic carbocycles. The largest absolute Gasteiger partial charge is 0.324 e. The number of anilines is 1.